The van der Waals surface area contributed by atoms with Gasteiger partial charge in [-0.15, -0.1) is 0 Å². The summed E-state index contributed by atoms with van der Waals surface area (Å²) < 4.78 is 5.99. The number of nitro benzene ring substituents is 1. The Bertz CT molecular complexity index is 679. The number of anilines is 1. The van der Waals surface area contributed by atoms with Crippen molar-refractivity contribution in [3.63, 3.8) is 0 Å². The van der Waals surface area contributed by atoms with E-state index in [0.717, 1.165) is 10.2 Å². The number of nitrogens with one attached hydrogen (secondary N) is 1. The van der Waals surface area contributed by atoms with Crippen molar-refractivity contribution in [3.8, 4) is 5.75 Å². The number of hydrogen-bond donors (Lipinski definition) is 1. The molecule has 2 aromatic carbocycles. The first kappa shape index (κ1) is 15.6. The minimum atomic E-state index is -0.423. The Kier molecular flexibility index (Phi) is 5.03. The van der Waals surface area contributed by atoms with E-state index in [-0.39, 0.29) is 12.2 Å². The van der Waals surface area contributed by atoms with E-state index < -0.39 is 4.92 Å². The lowest BCUT2D eigenvalue weighted by Gasteiger charge is -2.11. The maximum absolute atomic E-state index is 11.0. The van der Waals surface area contributed by atoms with Crippen LogP contribution in [0.2, 0.25) is 5.02 Å². The van der Waals surface area contributed by atoms with Crippen molar-refractivity contribution < 1.29 is 9.66 Å². The average molecular weight is 372 g/mol. The van der Waals surface area contributed by atoms with Gasteiger partial charge < -0.3 is 10.1 Å². The van der Waals surface area contributed by atoms with Crippen molar-refractivity contribution in [2.45, 2.75) is 6.54 Å². The summed E-state index contributed by atoms with van der Waals surface area (Å²) in [6.07, 6.45) is 0. The fourth-order valence-electron chi connectivity index (χ4n) is 1.83. The van der Waals surface area contributed by atoms with Gasteiger partial charge in [0.2, 0.25) is 0 Å². The Balaban J connectivity index is 2.24. The second kappa shape index (κ2) is 6.78. The normalized spacial score (nSPS) is 10.2. The molecule has 0 amide bonds. The van der Waals surface area contributed by atoms with Gasteiger partial charge in [0.15, 0.2) is 0 Å². The van der Waals surface area contributed by atoms with E-state index in [9.17, 15) is 10.1 Å². The van der Waals surface area contributed by atoms with Crippen molar-refractivity contribution >= 4 is 38.9 Å². The van der Waals surface area contributed by atoms with Gasteiger partial charge in [0.05, 0.1) is 23.3 Å². The quantitative estimate of drug-likeness (QED) is 0.614. The Morgan fingerprint density at radius 3 is 2.76 bits per heavy atom. The lowest BCUT2D eigenvalue weighted by molar-refractivity contribution is -0.385. The molecule has 0 fully saturated rings. The number of benzene rings is 2. The van der Waals surface area contributed by atoms with Gasteiger partial charge in [-0.1, -0.05) is 11.6 Å². The minimum absolute atomic E-state index is 0.0333. The van der Waals surface area contributed by atoms with E-state index >= 15 is 0 Å². The molecule has 0 bridgehead atoms. The van der Waals surface area contributed by atoms with Crippen LogP contribution in [0.5, 0.6) is 5.75 Å². The summed E-state index contributed by atoms with van der Waals surface area (Å²) in [5.74, 6) is 0.696. The number of ether oxygens (including phenoxy) is 1. The van der Waals surface area contributed by atoms with Crippen molar-refractivity contribution in [1.29, 1.82) is 0 Å². The molecule has 0 aliphatic heterocycles. The van der Waals surface area contributed by atoms with Crippen LogP contribution in [0.3, 0.4) is 0 Å². The SMILES string of the molecule is COc1ccc(Br)c(NCc2cc(Cl)ccc2[N+](=O)[O-])c1. The Morgan fingerprint density at radius 1 is 1.33 bits per heavy atom. The summed E-state index contributed by atoms with van der Waals surface area (Å²) in [6.45, 7) is 0.280. The zero-order chi connectivity index (χ0) is 15.4. The second-order valence-electron chi connectivity index (χ2n) is 4.23. The largest absolute Gasteiger partial charge is 0.497 e. The van der Waals surface area contributed by atoms with E-state index in [4.69, 9.17) is 16.3 Å². The van der Waals surface area contributed by atoms with Gasteiger partial charge in [-0.25, -0.2) is 0 Å². The van der Waals surface area contributed by atoms with Gasteiger partial charge >= 0.3 is 0 Å². The third kappa shape index (κ3) is 3.86. The lowest BCUT2D eigenvalue weighted by atomic mass is 10.1. The minimum Gasteiger partial charge on any atom is -0.497 e. The van der Waals surface area contributed by atoms with Crippen LogP contribution >= 0.6 is 27.5 Å². The summed E-state index contributed by atoms with van der Waals surface area (Å²) in [6, 6.07) is 9.95. The molecule has 0 aliphatic rings. The van der Waals surface area contributed by atoms with E-state index in [1.807, 2.05) is 12.1 Å². The third-order valence-corrected chi connectivity index (χ3v) is 3.81. The molecule has 2 aromatic rings. The highest BCUT2D eigenvalue weighted by molar-refractivity contribution is 9.10. The van der Waals surface area contributed by atoms with E-state index in [2.05, 4.69) is 21.2 Å². The molecule has 0 spiro atoms. The third-order valence-electron chi connectivity index (χ3n) is 2.88. The molecule has 0 saturated heterocycles. The van der Waals surface area contributed by atoms with Gasteiger partial charge in [-0.05, 0) is 40.2 Å². The second-order valence-corrected chi connectivity index (χ2v) is 5.52. The molecule has 21 heavy (non-hydrogen) atoms. The maximum Gasteiger partial charge on any atom is 0.274 e. The monoisotopic (exact) mass is 370 g/mol. The van der Waals surface area contributed by atoms with Crippen molar-refractivity contribution in [1.82, 2.24) is 0 Å². The molecule has 7 heteroatoms. The molecule has 0 aromatic heterocycles. The number of hydrogen-bond acceptors (Lipinski definition) is 4. The molecule has 1 N–H and O–H groups in total. The number of nitrogens with zero attached hydrogens (tertiary/aromatic N) is 1. The first-order valence-electron chi connectivity index (χ1n) is 6.01. The van der Waals surface area contributed by atoms with Crippen LogP contribution < -0.4 is 10.1 Å². The Morgan fingerprint density at radius 2 is 2.10 bits per heavy atom. The summed E-state index contributed by atoms with van der Waals surface area (Å²) >= 11 is 9.32. The van der Waals surface area contributed by atoms with Crippen molar-refractivity contribution in [3.05, 3.63) is 61.6 Å². The summed E-state index contributed by atoms with van der Waals surface area (Å²) in [4.78, 5) is 10.6. The Hall–Kier alpha value is -1.79. The van der Waals surface area contributed by atoms with Crippen LogP contribution in [0.4, 0.5) is 11.4 Å². The summed E-state index contributed by atoms with van der Waals surface area (Å²) in [5.41, 5.74) is 1.33. The lowest BCUT2D eigenvalue weighted by Crippen LogP contribution is -2.04. The predicted molar refractivity (Wildman–Crippen MR) is 86.1 cm³/mol. The smallest absolute Gasteiger partial charge is 0.274 e. The van der Waals surface area contributed by atoms with E-state index in [1.54, 1.807) is 19.2 Å². The fourth-order valence-corrected chi connectivity index (χ4v) is 2.41. The van der Waals surface area contributed by atoms with E-state index in [1.165, 1.54) is 12.1 Å². The van der Waals surface area contributed by atoms with Crippen LogP contribution in [-0.4, -0.2) is 12.0 Å². The van der Waals surface area contributed by atoms with E-state index in [0.29, 0.717) is 16.3 Å². The fraction of sp³-hybridized carbons (Fsp3) is 0.143. The molecular weight excluding hydrogens is 360 g/mol. The van der Waals surface area contributed by atoms with Gasteiger partial charge in [-0.3, -0.25) is 10.1 Å². The predicted octanol–water partition coefficient (Wildman–Crippen LogP) is 4.63. The first-order chi connectivity index (χ1) is 10.0. The highest BCUT2D eigenvalue weighted by Crippen LogP contribution is 2.29. The molecule has 110 valence electrons. The average Bonchev–Trinajstić information content (AvgIpc) is 2.46. The van der Waals surface area contributed by atoms with Gasteiger partial charge in [0.25, 0.3) is 5.69 Å². The molecule has 2 rings (SSSR count). The van der Waals surface area contributed by atoms with Gasteiger partial charge in [0, 0.05) is 28.2 Å². The molecule has 0 heterocycles. The van der Waals surface area contributed by atoms with Crippen molar-refractivity contribution in [2.75, 3.05) is 12.4 Å². The zero-order valence-corrected chi connectivity index (χ0v) is 13.4. The van der Waals surface area contributed by atoms with Crippen LogP contribution in [0.15, 0.2) is 40.9 Å². The standard InChI is InChI=1S/C14H12BrClN2O3/c1-21-11-3-4-12(15)13(7-11)17-8-9-6-10(16)2-5-14(9)18(19)20/h2-7,17H,8H2,1H3. The van der Waals surface area contributed by atoms with Crippen LogP contribution in [-0.2, 0) is 6.54 Å². The highest BCUT2D eigenvalue weighted by Gasteiger charge is 2.14. The van der Waals surface area contributed by atoms with Gasteiger partial charge in [0.1, 0.15) is 5.75 Å². The summed E-state index contributed by atoms with van der Waals surface area (Å²) in [5, 5.41) is 14.6. The van der Waals surface area contributed by atoms with Gasteiger partial charge in [-0.2, -0.15) is 0 Å². The van der Waals surface area contributed by atoms with Crippen LogP contribution in [0.25, 0.3) is 0 Å². The topological polar surface area (TPSA) is 64.4 Å². The summed E-state index contributed by atoms with van der Waals surface area (Å²) in [7, 11) is 1.58. The van der Waals surface area contributed by atoms with Crippen LogP contribution in [0, 0.1) is 10.1 Å². The Labute approximate surface area is 135 Å². The molecule has 0 radical (unpaired) electrons. The number of halogens is 2. The highest BCUT2D eigenvalue weighted by atomic mass is 79.9. The first-order valence-corrected chi connectivity index (χ1v) is 7.18. The number of nitro groups is 1. The molecular formula is C14H12BrClN2O3. The van der Waals surface area contributed by atoms with Crippen LogP contribution in [0.1, 0.15) is 5.56 Å². The maximum atomic E-state index is 11.0. The molecule has 0 atom stereocenters. The number of methoxy groups -OCH3 is 1. The number of rotatable bonds is 5. The molecule has 0 aliphatic carbocycles. The molecule has 0 saturated carbocycles. The molecule has 5 nitrogen and oxygen atoms in total. The van der Waals surface area contributed by atoms with Crippen molar-refractivity contribution in [2.24, 2.45) is 0 Å². The zero-order valence-electron chi connectivity index (χ0n) is 11.1. The molecule has 0 unspecified atom stereocenters.